The van der Waals surface area contributed by atoms with E-state index in [9.17, 15) is 0 Å². The van der Waals surface area contributed by atoms with E-state index < -0.39 is 0 Å². The second kappa shape index (κ2) is 3.69. The van der Waals surface area contributed by atoms with Gasteiger partial charge in [0.15, 0.2) is 0 Å². The van der Waals surface area contributed by atoms with Crippen LogP contribution in [0.15, 0.2) is 35.1 Å². The molecule has 0 aliphatic rings. The van der Waals surface area contributed by atoms with Crippen LogP contribution in [0.3, 0.4) is 0 Å². The van der Waals surface area contributed by atoms with Crippen LogP contribution in [0.25, 0.3) is 0 Å². The first-order chi connectivity index (χ1) is 5.24. The number of benzene rings is 1. The maximum absolute atomic E-state index is 5.70. The third kappa shape index (κ3) is 2.17. The van der Waals surface area contributed by atoms with E-state index in [4.69, 9.17) is 17.3 Å². The molecule has 0 aliphatic heterocycles. The van der Waals surface area contributed by atoms with E-state index in [2.05, 4.69) is 6.58 Å². The Morgan fingerprint density at radius 3 is 2.82 bits per heavy atom. The molecule has 0 spiro atoms. The molecule has 11 heavy (non-hydrogen) atoms. The Morgan fingerprint density at radius 1 is 1.55 bits per heavy atom. The lowest BCUT2D eigenvalue weighted by molar-refractivity contribution is 1.47. The van der Waals surface area contributed by atoms with Gasteiger partial charge < -0.3 is 5.73 Å². The minimum absolute atomic E-state index is 0.663. The normalized spacial score (nSPS) is 9.55. The van der Waals surface area contributed by atoms with Gasteiger partial charge in [-0.15, -0.1) is 0 Å². The molecule has 0 unspecified atom stereocenters. The molecule has 2 N–H and O–H groups in total. The van der Waals surface area contributed by atoms with Crippen molar-refractivity contribution in [3.63, 3.8) is 0 Å². The van der Waals surface area contributed by atoms with Crippen molar-refractivity contribution in [3.05, 3.63) is 35.2 Å². The summed E-state index contributed by atoms with van der Waals surface area (Å²) in [5.41, 5.74) is 6.35. The smallest absolute Gasteiger partial charge is 0.0470 e. The molecular weight excluding hydrogens is 178 g/mol. The Morgan fingerprint density at radius 2 is 2.27 bits per heavy atom. The van der Waals surface area contributed by atoms with Gasteiger partial charge >= 0.3 is 0 Å². The van der Waals surface area contributed by atoms with Crippen LogP contribution in [0, 0.1) is 0 Å². The third-order valence-corrected chi connectivity index (χ3v) is 2.21. The Balaban J connectivity index is 2.98. The summed E-state index contributed by atoms with van der Waals surface area (Å²) in [7, 11) is 0. The molecule has 0 radical (unpaired) electrons. The summed E-state index contributed by atoms with van der Waals surface area (Å²) in [5.74, 6) is 0. The van der Waals surface area contributed by atoms with Crippen molar-refractivity contribution in [1.29, 1.82) is 0 Å². The van der Waals surface area contributed by atoms with E-state index in [0.29, 0.717) is 10.7 Å². The second-order valence-corrected chi connectivity index (χ2v) is 3.41. The van der Waals surface area contributed by atoms with Crippen molar-refractivity contribution in [2.45, 2.75) is 4.90 Å². The van der Waals surface area contributed by atoms with Gasteiger partial charge in [-0.2, -0.15) is 0 Å². The monoisotopic (exact) mass is 185 g/mol. The van der Waals surface area contributed by atoms with Gasteiger partial charge in [0, 0.05) is 15.6 Å². The van der Waals surface area contributed by atoms with E-state index in [0.717, 1.165) is 4.90 Å². The molecule has 0 saturated carbocycles. The fraction of sp³-hybridized carbons (Fsp3) is 0. The highest BCUT2D eigenvalue weighted by Gasteiger charge is 1.97. The summed E-state index contributed by atoms with van der Waals surface area (Å²) < 4.78 is 0. The van der Waals surface area contributed by atoms with Crippen LogP contribution < -0.4 is 5.73 Å². The first-order valence-electron chi connectivity index (χ1n) is 3.06. The highest BCUT2D eigenvalue weighted by atomic mass is 35.5. The van der Waals surface area contributed by atoms with Gasteiger partial charge in [-0.1, -0.05) is 29.9 Å². The number of hydrogen-bond acceptors (Lipinski definition) is 2. The van der Waals surface area contributed by atoms with Crippen LogP contribution in [0.4, 0.5) is 5.69 Å². The molecule has 0 aliphatic carbocycles. The summed E-state index contributed by atoms with van der Waals surface area (Å²) in [6.07, 6.45) is 0. The number of rotatable bonds is 2. The predicted octanol–water partition coefficient (Wildman–Crippen LogP) is 3.16. The van der Waals surface area contributed by atoms with Crippen LogP contribution in [0.2, 0.25) is 5.02 Å². The molecule has 0 atom stereocenters. The topological polar surface area (TPSA) is 26.0 Å². The number of nitrogen functional groups attached to an aromatic ring is 1. The zero-order chi connectivity index (χ0) is 8.27. The van der Waals surface area contributed by atoms with Crippen molar-refractivity contribution in [2.75, 3.05) is 5.73 Å². The van der Waals surface area contributed by atoms with Crippen LogP contribution in [0.5, 0.6) is 0 Å². The summed E-state index contributed by atoms with van der Waals surface area (Å²) in [6.45, 7) is 3.59. The fourth-order valence-electron chi connectivity index (χ4n) is 0.716. The van der Waals surface area contributed by atoms with Gasteiger partial charge in [0.1, 0.15) is 0 Å². The molecular formula is C8H8ClNS. The summed E-state index contributed by atoms with van der Waals surface area (Å²) >= 11 is 7.19. The van der Waals surface area contributed by atoms with E-state index in [1.807, 2.05) is 12.1 Å². The first-order valence-corrected chi connectivity index (χ1v) is 4.32. The maximum Gasteiger partial charge on any atom is 0.0470 e. The lowest BCUT2D eigenvalue weighted by Gasteiger charge is -2.00. The van der Waals surface area contributed by atoms with Crippen molar-refractivity contribution in [2.24, 2.45) is 0 Å². The highest BCUT2D eigenvalue weighted by Crippen LogP contribution is 2.27. The van der Waals surface area contributed by atoms with Crippen LogP contribution in [-0.2, 0) is 0 Å². The molecule has 1 aromatic rings. The van der Waals surface area contributed by atoms with Gasteiger partial charge in [0.2, 0.25) is 0 Å². The molecule has 3 heteroatoms. The number of thioether (sulfide) groups is 1. The van der Waals surface area contributed by atoms with Gasteiger partial charge in [-0.05, 0) is 23.6 Å². The molecule has 0 aromatic heterocycles. The Hall–Kier alpha value is -0.600. The van der Waals surface area contributed by atoms with Gasteiger partial charge in [-0.25, -0.2) is 0 Å². The van der Waals surface area contributed by atoms with Crippen molar-refractivity contribution >= 4 is 29.1 Å². The van der Waals surface area contributed by atoms with Crippen LogP contribution in [-0.4, -0.2) is 0 Å². The molecule has 0 bridgehead atoms. The Labute approximate surface area is 75.2 Å². The number of nitrogens with two attached hydrogens (primary N) is 1. The molecule has 0 heterocycles. The Kier molecular flexibility index (Phi) is 2.85. The van der Waals surface area contributed by atoms with Crippen molar-refractivity contribution < 1.29 is 0 Å². The quantitative estimate of drug-likeness (QED) is 0.566. The van der Waals surface area contributed by atoms with E-state index in [1.165, 1.54) is 11.8 Å². The van der Waals surface area contributed by atoms with Crippen molar-refractivity contribution in [1.82, 2.24) is 0 Å². The van der Waals surface area contributed by atoms with E-state index >= 15 is 0 Å². The molecule has 1 nitrogen and oxygen atoms in total. The molecule has 0 amide bonds. The molecule has 1 aromatic carbocycles. The van der Waals surface area contributed by atoms with E-state index in [1.54, 1.807) is 11.5 Å². The molecule has 58 valence electrons. The minimum atomic E-state index is 0.663. The van der Waals surface area contributed by atoms with E-state index in [-0.39, 0.29) is 0 Å². The number of anilines is 1. The number of hydrogen-bond donors (Lipinski definition) is 1. The van der Waals surface area contributed by atoms with Crippen molar-refractivity contribution in [3.8, 4) is 0 Å². The average Bonchev–Trinajstić information content (AvgIpc) is 1.95. The third-order valence-electron chi connectivity index (χ3n) is 1.18. The summed E-state index contributed by atoms with van der Waals surface area (Å²) in [6, 6.07) is 5.42. The first kappa shape index (κ1) is 8.50. The lowest BCUT2D eigenvalue weighted by Crippen LogP contribution is -1.86. The number of halogens is 1. The molecule has 0 saturated heterocycles. The SMILES string of the molecule is C=CSc1ccc(Cl)cc1N. The molecule has 0 fully saturated rings. The summed E-state index contributed by atoms with van der Waals surface area (Å²) in [4.78, 5) is 0.990. The Bertz CT molecular complexity index is 273. The largest absolute Gasteiger partial charge is 0.398 e. The molecule has 1 rings (SSSR count). The summed E-state index contributed by atoms with van der Waals surface area (Å²) in [5, 5.41) is 2.40. The lowest BCUT2D eigenvalue weighted by atomic mass is 10.3. The zero-order valence-electron chi connectivity index (χ0n) is 5.88. The van der Waals surface area contributed by atoms with Crippen LogP contribution in [0.1, 0.15) is 0 Å². The predicted molar refractivity (Wildman–Crippen MR) is 51.9 cm³/mol. The average molecular weight is 186 g/mol. The van der Waals surface area contributed by atoms with Gasteiger partial charge in [0.25, 0.3) is 0 Å². The zero-order valence-corrected chi connectivity index (χ0v) is 7.45. The fourth-order valence-corrected chi connectivity index (χ4v) is 1.42. The van der Waals surface area contributed by atoms with Crippen LogP contribution >= 0.6 is 23.4 Å². The second-order valence-electron chi connectivity index (χ2n) is 1.97. The minimum Gasteiger partial charge on any atom is -0.398 e. The van der Waals surface area contributed by atoms with Gasteiger partial charge in [-0.3, -0.25) is 0 Å². The highest BCUT2D eigenvalue weighted by molar-refractivity contribution is 8.02. The maximum atomic E-state index is 5.70. The standard InChI is InChI=1S/C8H8ClNS/c1-2-11-8-4-3-6(9)5-7(8)10/h2-5H,1,10H2. The van der Waals surface area contributed by atoms with Gasteiger partial charge in [0.05, 0.1) is 0 Å².